The Morgan fingerprint density at radius 1 is 1.11 bits per heavy atom. The highest BCUT2D eigenvalue weighted by molar-refractivity contribution is 7.91. The zero-order chi connectivity index (χ0) is 20.4. The summed E-state index contributed by atoms with van der Waals surface area (Å²) < 4.78 is 57.0. The third kappa shape index (κ3) is 4.66. The number of anilines is 1. The van der Waals surface area contributed by atoms with E-state index < -0.39 is 38.7 Å². The molecule has 0 aliphatic carbocycles. The molecule has 0 aromatic heterocycles. The van der Waals surface area contributed by atoms with E-state index >= 15 is 0 Å². The fourth-order valence-electron chi connectivity index (χ4n) is 3.09. The molecule has 1 amide bonds. The first-order valence-electron chi connectivity index (χ1n) is 8.59. The molecule has 1 heterocycles. The normalized spacial score (nSPS) is 17.7. The Bertz CT molecular complexity index is 942. The molecule has 3 rings (SSSR count). The van der Waals surface area contributed by atoms with E-state index in [4.69, 9.17) is 4.74 Å². The molecule has 1 aliphatic rings. The highest BCUT2D eigenvalue weighted by Gasteiger charge is 2.40. The van der Waals surface area contributed by atoms with Gasteiger partial charge >= 0.3 is 6.09 Å². The lowest BCUT2D eigenvalue weighted by atomic mass is 9.87. The summed E-state index contributed by atoms with van der Waals surface area (Å²) in [5.41, 5.74) is -1.93. The fraction of sp³-hybridized carbons (Fsp3) is 0.316. The maximum absolute atomic E-state index is 14.5. The van der Waals surface area contributed by atoms with Crippen molar-refractivity contribution < 1.29 is 31.8 Å². The molecule has 28 heavy (non-hydrogen) atoms. The zero-order valence-electron chi connectivity index (χ0n) is 14.8. The Morgan fingerprint density at radius 3 is 2.25 bits per heavy atom. The smallest absolute Gasteiger partial charge is 0.411 e. The van der Waals surface area contributed by atoms with Gasteiger partial charge in [-0.3, -0.25) is 5.32 Å². The van der Waals surface area contributed by atoms with E-state index in [0.717, 1.165) is 17.7 Å². The minimum Gasteiger partial charge on any atom is -0.444 e. The number of carbonyl (C=O) groups is 1. The second kappa shape index (κ2) is 7.84. The van der Waals surface area contributed by atoms with E-state index in [2.05, 4.69) is 5.32 Å². The van der Waals surface area contributed by atoms with Crippen LogP contribution < -0.4 is 5.32 Å². The number of rotatable bonds is 4. The van der Waals surface area contributed by atoms with Crippen molar-refractivity contribution in [3.8, 4) is 0 Å². The molecule has 2 aromatic carbocycles. The van der Waals surface area contributed by atoms with Crippen LogP contribution in [0.2, 0.25) is 0 Å². The topological polar surface area (TPSA) is 92.7 Å². The highest BCUT2D eigenvalue weighted by atomic mass is 32.2. The number of benzene rings is 2. The summed E-state index contributed by atoms with van der Waals surface area (Å²) in [5, 5.41) is 12.8. The van der Waals surface area contributed by atoms with Gasteiger partial charge in [0, 0.05) is 5.69 Å². The van der Waals surface area contributed by atoms with Gasteiger partial charge in [-0.15, -0.1) is 0 Å². The molecule has 2 N–H and O–H groups in total. The van der Waals surface area contributed by atoms with E-state index in [1.165, 1.54) is 0 Å². The van der Waals surface area contributed by atoms with Crippen LogP contribution in [0.3, 0.4) is 0 Å². The first kappa shape index (κ1) is 20.2. The minimum absolute atomic E-state index is 0.00997. The van der Waals surface area contributed by atoms with Gasteiger partial charge in [0.1, 0.15) is 18.2 Å². The molecule has 1 fully saturated rings. The summed E-state index contributed by atoms with van der Waals surface area (Å²) >= 11 is 0. The van der Waals surface area contributed by atoms with Crippen LogP contribution in [0.4, 0.5) is 19.3 Å². The van der Waals surface area contributed by atoms with E-state index in [-0.39, 0.29) is 36.6 Å². The van der Waals surface area contributed by atoms with Gasteiger partial charge in [-0.1, -0.05) is 30.3 Å². The molecule has 6 nitrogen and oxygen atoms in total. The van der Waals surface area contributed by atoms with Gasteiger partial charge in [0.2, 0.25) is 0 Å². The first-order chi connectivity index (χ1) is 13.2. The van der Waals surface area contributed by atoms with Crippen molar-refractivity contribution in [2.45, 2.75) is 25.0 Å². The maximum atomic E-state index is 14.5. The SMILES string of the molecule is O=C(Nc1cc(F)c(C2(O)CCS(=O)(=O)CC2)c(F)c1)OCc1ccccc1. The molecule has 0 spiro atoms. The van der Waals surface area contributed by atoms with Gasteiger partial charge in [0.15, 0.2) is 9.84 Å². The quantitative estimate of drug-likeness (QED) is 0.807. The Kier molecular flexibility index (Phi) is 5.66. The monoisotopic (exact) mass is 411 g/mol. The van der Waals surface area contributed by atoms with Crippen LogP contribution in [0.5, 0.6) is 0 Å². The van der Waals surface area contributed by atoms with Gasteiger partial charge in [-0.05, 0) is 30.5 Å². The highest BCUT2D eigenvalue weighted by Crippen LogP contribution is 2.37. The van der Waals surface area contributed by atoms with Gasteiger partial charge < -0.3 is 9.84 Å². The van der Waals surface area contributed by atoms with Crippen LogP contribution in [-0.4, -0.2) is 31.1 Å². The van der Waals surface area contributed by atoms with Crippen molar-refractivity contribution in [3.63, 3.8) is 0 Å². The molecular weight excluding hydrogens is 392 g/mol. The molecule has 0 saturated carbocycles. The lowest BCUT2D eigenvalue weighted by Crippen LogP contribution is -2.38. The molecule has 9 heteroatoms. The average Bonchev–Trinajstić information content (AvgIpc) is 2.63. The second-order valence-electron chi connectivity index (χ2n) is 6.69. The number of ether oxygens (including phenoxy) is 1. The van der Waals surface area contributed by atoms with Gasteiger partial charge in [-0.2, -0.15) is 0 Å². The number of halogens is 2. The predicted octanol–water partition coefficient (Wildman–Crippen LogP) is 3.11. The van der Waals surface area contributed by atoms with E-state index in [1.54, 1.807) is 24.3 Å². The lowest BCUT2D eigenvalue weighted by Gasteiger charge is -2.33. The Hall–Kier alpha value is -2.52. The number of sulfone groups is 1. The Labute approximate surface area is 161 Å². The van der Waals surface area contributed by atoms with Crippen molar-refractivity contribution in [1.29, 1.82) is 0 Å². The number of nitrogens with one attached hydrogen (secondary N) is 1. The van der Waals surface area contributed by atoms with Crippen molar-refractivity contribution >= 4 is 21.6 Å². The summed E-state index contributed by atoms with van der Waals surface area (Å²) in [7, 11) is -3.32. The second-order valence-corrected chi connectivity index (χ2v) is 8.99. The molecular formula is C19H19F2NO5S. The zero-order valence-corrected chi connectivity index (χ0v) is 15.6. The summed E-state index contributed by atoms with van der Waals surface area (Å²) in [5.74, 6) is -2.84. The first-order valence-corrected chi connectivity index (χ1v) is 10.4. The van der Waals surface area contributed by atoms with Gasteiger partial charge in [0.05, 0.1) is 22.7 Å². The molecule has 0 unspecified atom stereocenters. The van der Waals surface area contributed by atoms with Gasteiger partial charge in [0.25, 0.3) is 0 Å². The summed E-state index contributed by atoms with van der Waals surface area (Å²) in [6, 6.07) is 10.6. The Balaban J connectivity index is 1.70. The summed E-state index contributed by atoms with van der Waals surface area (Å²) in [4.78, 5) is 11.8. The molecule has 0 radical (unpaired) electrons. The fourth-order valence-corrected chi connectivity index (χ4v) is 4.59. The van der Waals surface area contributed by atoms with Crippen LogP contribution >= 0.6 is 0 Å². The van der Waals surface area contributed by atoms with E-state index in [0.29, 0.717) is 0 Å². The average molecular weight is 411 g/mol. The van der Waals surface area contributed by atoms with Gasteiger partial charge in [-0.25, -0.2) is 22.0 Å². The molecule has 150 valence electrons. The molecule has 0 atom stereocenters. The van der Waals surface area contributed by atoms with E-state index in [9.17, 15) is 27.1 Å². The summed E-state index contributed by atoms with van der Waals surface area (Å²) in [6.07, 6.45) is -1.48. The van der Waals surface area contributed by atoms with Crippen LogP contribution in [0.1, 0.15) is 24.0 Å². The van der Waals surface area contributed by atoms with Crippen LogP contribution in [0.15, 0.2) is 42.5 Å². The number of hydrogen-bond donors (Lipinski definition) is 2. The van der Waals surface area contributed by atoms with Crippen molar-refractivity contribution in [1.82, 2.24) is 0 Å². The minimum atomic E-state index is -3.32. The molecule has 2 aromatic rings. The third-order valence-corrected chi connectivity index (χ3v) is 6.27. The number of amides is 1. The van der Waals surface area contributed by atoms with E-state index in [1.807, 2.05) is 6.07 Å². The number of aliphatic hydroxyl groups is 1. The van der Waals surface area contributed by atoms with Crippen LogP contribution in [-0.2, 0) is 26.8 Å². The molecule has 1 aliphatic heterocycles. The van der Waals surface area contributed by atoms with Crippen LogP contribution in [0, 0.1) is 11.6 Å². The van der Waals surface area contributed by atoms with Crippen molar-refractivity contribution in [2.75, 3.05) is 16.8 Å². The van der Waals surface area contributed by atoms with Crippen molar-refractivity contribution in [2.24, 2.45) is 0 Å². The summed E-state index contributed by atoms with van der Waals surface area (Å²) in [6.45, 7) is -0.00997. The predicted molar refractivity (Wildman–Crippen MR) is 98.4 cm³/mol. The molecule has 1 saturated heterocycles. The number of carbonyl (C=O) groups excluding carboxylic acids is 1. The Morgan fingerprint density at radius 2 is 1.68 bits per heavy atom. The third-order valence-electron chi connectivity index (χ3n) is 4.62. The standard InChI is InChI=1S/C19H19F2NO5S/c20-15-10-14(22-18(23)27-12-13-4-2-1-3-5-13)11-16(21)17(15)19(24)6-8-28(25,26)9-7-19/h1-5,10-11,24H,6-9,12H2,(H,22,23). The number of hydrogen-bond acceptors (Lipinski definition) is 5. The maximum Gasteiger partial charge on any atom is 0.411 e. The lowest BCUT2D eigenvalue weighted by molar-refractivity contribution is 0.0192. The van der Waals surface area contributed by atoms with Crippen molar-refractivity contribution in [3.05, 3.63) is 65.2 Å². The molecule has 0 bridgehead atoms. The van der Waals surface area contributed by atoms with Crippen LogP contribution in [0.25, 0.3) is 0 Å². The largest absolute Gasteiger partial charge is 0.444 e.